The van der Waals surface area contributed by atoms with Crippen molar-refractivity contribution in [3.8, 4) is 5.75 Å². The third-order valence-electron chi connectivity index (χ3n) is 6.17. The molecular weight excluding hydrogens is 599 g/mol. The summed E-state index contributed by atoms with van der Waals surface area (Å²) in [4.78, 5) is 52.0. The van der Waals surface area contributed by atoms with Gasteiger partial charge in [-0.15, -0.1) is 0 Å². The molecule has 1 unspecified atom stereocenters. The standard InChI is InChI=1S/C25H28BrN2O10P/c1-14-8-15(2)23-18(9-14)12-34-39(33,38-23)35-13-20-19(37-22(30)5-4-16(3)29)10-21(36-20)28-11-17(6-7-26)24(31)27-25(28)32/h6-9,11,19-21H,4-5,10,12-13H2,1-3H3,(H,27,31,32)/b7-6+/t19-,20+,21+,39?/m0/s1. The van der Waals surface area contributed by atoms with Crippen molar-refractivity contribution in [3.05, 3.63) is 66.4 Å². The van der Waals surface area contributed by atoms with E-state index in [9.17, 15) is 23.7 Å². The zero-order chi connectivity index (χ0) is 28.3. The van der Waals surface area contributed by atoms with Crippen LogP contribution in [0.5, 0.6) is 5.75 Å². The van der Waals surface area contributed by atoms with Gasteiger partial charge in [-0.05, 0) is 37.4 Å². The van der Waals surface area contributed by atoms with E-state index in [0.29, 0.717) is 5.75 Å². The first-order chi connectivity index (χ1) is 18.5. The first-order valence-electron chi connectivity index (χ1n) is 12.1. The molecule has 0 radical (unpaired) electrons. The molecule has 2 aromatic rings. The highest BCUT2D eigenvalue weighted by Crippen LogP contribution is 2.55. The molecule has 1 aromatic carbocycles. The van der Waals surface area contributed by atoms with Gasteiger partial charge in [0.15, 0.2) is 0 Å². The van der Waals surface area contributed by atoms with Crippen molar-refractivity contribution in [1.82, 2.24) is 9.55 Å². The highest BCUT2D eigenvalue weighted by molar-refractivity contribution is 9.11. The Morgan fingerprint density at radius 3 is 2.74 bits per heavy atom. The number of hydrogen-bond donors (Lipinski definition) is 1. The number of benzene rings is 1. The number of aryl methyl sites for hydroxylation is 2. The number of ketones is 1. The van der Waals surface area contributed by atoms with Gasteiger partial charge in [0, 0.05) is 24.6 Å². The molecule has 39 heavy (non-hydrogen) atoms. The lowest BCUT2D eigenvalue weighted by molar-refractivity contribution is -0.153. The largest absolute Gasteiger partial charge is 0.530 e. The van der Waals surface area contributed by atoms with Gasteiger partial charge >= 0.3 is 19.5 Å². The minimum atomic E-state index is -4.05. The maximum atomic E-state index is 13.3. The van der Waals surface area contributed by atoms with Crippen LogP contribution in [0.4, 0.5) is 0 Å². The summed E-state index contributed by atoms with van der Waals surface area (Å²) in [5, 5.41) is 0. The number of nitrogens with one attached hydrogen (secondary N) is 1. The van der Waals surface area contributed by atoms with E-state index in [1.807, 2.05) is 26.0 Å². The number of halogens is 1. The highest BCUT2D eigenvalue weighted by Gasteiger charge is 2.43. The third kappa shape index (κ3) is 7.03. The Bertz CT molecular complexity index is 1470. The molecule has 4 atom stereocenters. The summed E-state index contributed by atoms with van der Waals surface area (Å²) < 4.78 is 42.6. The summed E-state index contributed by atoms with van der Waals surface area (Å²) in [5.41, 5.74) is 1.38. The lowest BCUT2D eigenvalue weighted by atomic mass is 10.1. The number of carbonyl (C=O) groups excluding carboxylic acids is 2. The highest BCUT2D eigenvalue weighted by atomic mass is 79.9. The van der Waals surface area contributed by atoms with E-state index in [4.69, 9.17) is 23.0 Å². The Balaban J connectivity index is 1.53. The molecule has 1 aromatic heterocycles. The molecule has 1 N–H and O–H groups in total. The normalized spacial score (nSPS) is 24.4. The lowest BCUT2D eigenvalue weighted by Gasteiger charge is -2.27. The summed E-state index contributed by atoms with van der Waals surface area (Å²) in [5.74, 6) is -0.396. The van der Waals surface area contributed by atoms with Crippen LogP contribution in [0.3, 0.4) is 0 Å². The fourth-order valence-electron chi connectivity index (χ4n) is 4.35. The smallest absolute Gasteiger partial charge is 0.459 e. The maximum absolute atomic E-state index is 13.3. The van der Waals surface area contributed by atoms with Crippen molar-refractivity contribution in [2.75, 3.05) is 6.61 Å². The van der Waals surface area contributed by atoms with Crippen LogP contribution in [-0.4, -0.2) is 40.1 Å². The first-order valence-corrected chi connectivity index (χ1v) is 14.5. The predicted molar refractivity (Wildman–Crippen MR) is 142 cm³/mol. The molecule has 0 saturated carbocycles. The van der Waals surface area contributed by atoms with E-state index in [1.165, 1.54) is 24.2 Å². The van der Waals surface area contributed by atoms with Gasteiger partial charge in [0.25, 0.3) is 5.56 Å². The maximum Gasteiger partial charge on any atom is 0.530 e. The van der Waals surface area contributed by atoms with Gasteiger partial charge in [0.2, 0.25) is 0 Å². The minimum absolute atomic E-state index is 0.00768. The Kier molecular flexibility index (Phi) is 9.07. The van der Waals surface area contributed by atoms with Crippen LogP contribution in [0, 0.1) is 13.8 Å². The van der Waals surface area contributed by atoms with Crippen LogP contribution < -0.4 is 15.8 Å². The van der Waals surface area contributed by atoms with Crippen molar-refractivity contribution >= 4 is 41.6 Å². The monoisotopic (exact) mass is 626 g/mol. The molecular formula is C25H28BrN2O10P. The van der Waals surface area contributed by atoms with Crippen LogP contribution in [-0.2, 0) is 39.3 Å². The SMILES string of the molecule is CC(=O)CCC(=O)O[C@H]1C[C@H](n2cc(/C=C/Br)c(=O)[nH]c2=O)O[C@@H]1COP1(=O)OCc2cc(C)cc(C)c2O1. The van der Waals surface area contributed by atoms with Gasteiger partial charge in [-0.3, -0.25) is 28.2 Å². The summed E-state index contributed by atoms with van der Waals surface area (Å²) in [6.07, 6.45) is -0.170. The van der Waals surface area contributed by atoms with E-state index in [1.54, 1.807) is 0 Å². The van der Waals surface area contributed by atoms with Crippen molar-refractivity contribution in [1.29, 1.82) is 0 Å². The Morgan fingerprint density at radius 2 is 2.03 bits per heavy atom. The van der Waals surface area contributed by atoms with Crippen LogP contribution in [0.2, 0.25) is 0 Å². The molecule has 0 amide bonds. The second kappa shape index (κ2) is 12.1. The van der Waals surface area contributed by atoms with E-state index >= 15 is 0 Å². The summed E-state index contributed by atoms with van der Waals surface area (Å²) in [7, 11) is -4.05. The van der Waals surface area contributed by atoms with Crippen molar-refractivity contribution in [3.63, 3.8) is 0 Å². The molecule has 210 valence electrons. The number of H-pyrrole nitrogens is 1. The molecule has 2 aliphatic heterocycles. The van der Waals surface area contributed by atoms with Crippen LogP contribution in [0.1, 0.15) is 54.7 Å². The summed E-state index contributed by atoms with van der Waals surface area (Å²) in [6.45, 7) is 4.78. The van der Waals surface area contributed by atoms with Crippen LogP contribution in [0.25, 0.3) is 6.08 Å². The van der Waals surface area contributed by atoms with E-state index in [2.05, 4.69) is 20.9 Å². The fraction of sp³-hybridized carbons (Fsp3) is 0.440. The molecule has 0 spiro atoms. The minimum Gasteiger partial charge on any atom is -0.459 e. The number of carbonyl (C=O) groups is 2. The number of phosphoric ester groups is 1. The number of esters is 1. The van der Waals surface area contributed by atoms with Crippen LogP contribution in [0.15, 0.2) is 32.9 Å². The average Bonchev–Trinajstić information content (AvgIpc) is 3.26. The number of ether oxygens (including phenoxy) is 2. The molecule has 2 aliphatic rings. The molecule has 12 nitrogen and oxygen atoms in total. The lowest BCUT2D eigenvalue weighted by Crippen LogP contribution is -2.33. The molecule has 14 heteroatoms. The zero-order valence-electron chi connectivity index (χ0n) is 21.5. The summed E-state index contributed by atoms with van der Waals surface area (Å²) in [6, 6.07) is 3.75. The molecule has 0 aliphatic carbocycles. The number of rotatable bonds is 9. The van der Waals surface area contributed by atoms with Crippen molar-refractivity contribution < 1.29 is 37.2 Å². The number of phosphoric acid groups is 1. The first kappa shape index (κ1) is 29.2. The molecule has 1 fully saturated rings. The molecule has 3 heterocycles. The van der Waals surface area contributed by atoms with Crippen molar-refractivity contribution in [2.24, 2.45) is 0 Å². The zero-order valence-corrected chi connectivity index (χ0v) is 24.0. The predicted octanol–water partition coefficient (Wildman–Crippen LogP) is 3.82. The van der Waals surface area contributed by atoms with E-state index in [-0.39, 0.29) is 43.8 Å². The Morgan fingerprint density at radius 1 is 1.26 bits per heavy atom. The number of aromatic amines is 1. The molecule has 0 bridgehead atoms. The topological polar surface area (TPSA) is 152 Å². The average molecular weight is 627 g/mol. The van der Waals surface area contributed by atoms with Crippen LogP contribution >= 0.6 is 23.8 Å². The second-order valence-corrected chi connectivity index (χ2v) is 11.4. The quantitative estimate of drug-likeness (QED) is 0.321. The van der Waals surface area contributed by atoms with Gasteiger partial charge < -0.3 is 18.8 Å². The molecule has 4 rings (SSSR count). The van der Waals surface area contributed by atoms with Gasteiger partial charge in [-0.1, -0.05) is 33.6 Å². The molecule has 1 saturated heterocycles. The second-order valence-electron chi connectivity index (χ2n) is 9.32. The number of fused-ring (bicyclic) bond motifs is 1. The number of hydrogen-bond acceptors (Lipinski definition) is 10. The van der Waals surface area contributed by atoms with Gasteiger partial charge in [0.1, 0.15) is 30.0 Å². The number of nitrogens with zero attached hydrogens (tertiary/aromatic N) is 1. The van der Waals surface area contributed by atoms with Gasteiger partial charge in [-0.25, -0.2) is 9.36 Å². The fourth-order valence-corrected chi connectivity index (χ4v) is 5.92. The Hall–Kier alpha value is -2.83. The van der Waals surface area contributed by atoms with E-state index < -0.39 is 43.5 Å². The van der Waals surface area contributed by atoms with E-state index in [0.717, 1.165) is 21.3 Å². The van der Waals surface area contributed by atoms with Gasteiger partial charge in [-0.2, -0.15) is 0 Å². The summed E-state index contributed by atoms with van der Waals surface area (Å²) >= 11 is 3.10. The number of aromatic nitrogens is 2. The number of Topliss-reactive ketones (excluding diaryl/α,β-unsaturated/α-hetero) is 1. The Labute approximate surface area is 232 Å². The third-order valence-corrected chi connectivity index (χ3v) is 7.75. The van der Waals surface area contributed by atoms with Crippen molar-refractivity contribution in [2.45, 2.75) is 65.1 Å². The van der Waals surface area contributed by atoms with Gasteiger partial charge in [0.05, 0.1) is 25.2 Å².